The van der Waals surface area contributed by atoms with Gasteiger partial charge in [0, 0.05) is 12.0 Å². The van der Waals surface area contributed by atoms with Crippen LogP contribution in [0.4, 0.5) is 0 Å². The highest BCUT2D eigenvalue weighted by Crippen LogP contribution is 2.30. The number of carbonyl (C=O) groups excluding carboxylic acids is 2. The summed E-state index contributed by atoms with van der Waals surface area (Å²) >= 11 is 0. The Balaban J connectivity index is 1.56. The average molecular weight is 328 g/mol. The molecule has 6 nitrogen and oxygen atoms in total. The lowest BCUT2D eigenvalue weighted by molar-refractivity contribution is -0.121. The van der Waals surface area contributed by atoms with Gasteiger partial charge in [-0.1, -0.05) is 12.1 Å². The average Bonchev–Trinajstić information content (AvgIpc) is 3.09. The fourth-order valence-electron chi connectivity index (χ4n) is 2.97. The Labute approximate surface area is 140 Å². The van der Waals surface area contributed by atoms with Crippen LogP contribution in [0.5, 0.6) is 5.75 Å². The first-order valence-electron chi connectivity index (χ1n) is 7.96. The van der Waals surface area contributed by atoms with E-state index < -0.39 is 0 Å². The molecule has 0 bridgehead atoms. The molecular formula is C18H20N2O4. The molecule has 126 valence electrons. The third kappa shape index (κ3) is 3.42. The third-order valence-corrected chi connectivity index (χ3v) is 4.15. The highest BCUT2D eigenvalue weighted by molar-refractivity contribution is 5.98. The molecule has 0 spiro atoms. The van der Waals surface area contributed by atoms with Crippen LogP contribution in [-0.2, 0) is 11.2 Å². The highest BCUT2D eigenvalue weighted by atomic mass is 16.5. The SMILES string of the molecule is COc1ccccc1C(=O)NCC(=O)NC1CCCc2occc21. The number of amides is 2. The molecule has 0 radical (unpaired) electrons. The van der Waals surface area contributed by atoms with E-state index in [9.17, 15) is 9.59 Å². The molecule has 2 N–H and O–H groups in total. The van der Waals surface area contributed by atoms with Crippen LogP contribution < -0.4 is 15.4 Å². The van der Waals surface area contributed by atoms with E-state index in [1.807, 2.05) is 6.07 Å². The van der Waals surface area contributed by atoms with Crippen molar-refractivity contribution in [2.75, 3.05) is 13.7 Å². The van der Waals surface area contributed by atoms with Gasteiger partial charge in [-0.05, 0) is 31.0 Å². The second-order valence-electron chi connectivity index (χ2n) is 5.69. The lowest BCUT2D eigenvalue weighted by Crippen LogP contribution is -2.39. The van der Waals surface area contributed by atoms with Gasteiger partial charge >= 0.3 is 0 Å². The molecule has 0 aliphatic heterocycles. The van der Waals surface area contributed by atoms with E-state index in [0.29, 0.717) is 11.3 Å². The number of methoxy groups -OCH3 is 1. The second-order valence-corrected chi connectivity index (χ2v) is 5.69. The topological polar surface area (TPSA) is 80.6 Å². The summed E-state index contributed by atoms with van der Waals surface area (Å²) in [5.74, 6) is 0.850. The summed E-state index contributed by atoms with van der Waals surface area (Å²) in [6.07, 6.45) is 4.40. The van der Waals surface area contributed by atoms with Crippen molar-refractivity contribution in [2.24, 2.45) is 0 Å². The molecule has 0 saturated carbocycles. The first-order valence-corrected chi connectivity index (χ1v) is 7.96. The maximum atomic E-state index is 12.2. The van der Waals surface area contributed by atoms with Gasteiger partial charge in [-0.3, -0.25) is 9.59 Å². The molecule has 0 fully saturated rings. The lowest BCUT2D eigenvalue weighted by Gasteiger charge is -2.22. The van der Waals surface area contributed by atoms with Crippen LogP contribution >= 0.6 is 0 Å². The smallest absolute Gasteiger partial charge is 0.255 e. The normalized spacial score (nSPS) is 16.1. The third-order valence-electron chi connectivity index (χ3n) is 4.15. The molecule has 1 aromatic carbocycles. The Morgan fingerprint density at radius 1 is 1.29 bits per heavy atom. The Bertz CT molecular complexity index is 738. The monoisotopic (exact) mass is 328 g/mol. The summed E-state index contributed by atoms with van der Waals surface area (Å²) in [6, 6.07) is 8.74. The van der Waals surface area contributed by atoms with Gasteiger partial charge in [-0.2, -0.15) is 0 Å². The second kappa shape index (κ2) is 7.21. The van der Waals surface area contributed by atoms with Gasteiger partial charge in [0.05, 0.1) is 31.5 Å². The van der Waals surface area contributed by atoms with Crippen molar-refractivity contribution in [2.45, 2.75) is 25.3 Å². The van der Waals surface area contributed by atoms with Crippen LogP contribution in [0.1, 0.15) is 40.6 Å². The fourth-order valence-corrected chi connectivity index (χ4v) is 2.97. The standard InChI is InChI=1S/C18H20N2O4/c1-23-15-7-3-2-5-13(15)18(22)19-11-17(21)20-14-6-4-8-16-12(14)9-10-24-16/h2-3,5,7,9-10,14H,4,6,8,11H2,1H3,(H,19,22)(H,20,21). The van der Waals surface area contributed by atoms with Crippen LogP contribution in [0.15, 0.2) is 41.0 Å². The van der Waals surface area contributed by atoms with Gasteiger partial charge < -0.3 is 19.8 Å². The summed E-state index contributed by atoms with van der Waals surface area (Å²) < 4.78 is 10.6. The zero-order valence-corrected chi connectivity index (χ0v) is 13.5. The van der Waals surface area contributed by atoms with Gasteiger partial charge in [-0.25, -0.2) is 0 Å². The number of fused-ring (bicyclic) bond motifs is 1. The van der Waals surface area contributed by atoms with Crippen molar-refractivity contribution in [1.82, 2.24) is 10.6 Å². The number of hydrogen-bond acceptors (Lipinski definition) is 4. The number of ether oxygens (including phenoxy) is 1. The van der Waals surface area contributed by atoms with E-state index in [2.05, 4.69) is 10.6 Å². The number of carbonyl (C=O) groups is 2. The van der Waals surface area contributed by atoms with E-state index in [1.165, 1.54) is 7.11 Å². The molecule has 1 aliphatic carbocycles. The molecule has 24 heavy (non-hydrogen) atoms. The molecule has 1 atom stereocenters. The zero-order valence-electron chi connectivity index (χ0n) is 13.5. The molecule has 2 aromatic rings. The Morgan fingerprint density at radius 2 is 2.12 bits per heavy atom. The summed E-state index contributed by atoms with van der Waals surface area (Å²) in [6.45, 7) is -0.0828. The van der Waals surface area contributed by atoms with Crippen molar-refractivity contribution in [1.29, 1.82) is 0 Å². The quantitative estimate of drug-likeness (QED) is 0.882. The van der Waals surface area contributed by atoms with Gasteiger partial charge in [-0.15, -0.1) is 0 Å². The van der Waals surface area contributed by atoms with Crippen LogP contribution in [-0.4, -0.2) is 25.5 Å². The van der Waals surface area contributed by atoms with Crippen molar-refractivity contribution in [3.63, 3.8) is 0 Å². The highest BCUT2D eigenvalue weighted by Gasteiger charge is 2.24. The number of furan rings is 1. The summed E-state index contributed by atoms with van der Waals surface area (Å²) in [5.41, 5.74) is 1.44. The lowest BCUT2D eigenvalue weighted by atomic mass is 9.93. The fraction of sp³-hybridized carbons (Fsp3) is 0.333. The number of benzene rings is 1. The minimum Gasteiger partial charge on any atom is -0.496 e. The molecule has 0 saturated heterocycles. The van der Waals surface area contributed by atoms with E-state index in [0.717, 1.165) is 30.6 Å². The van der Waals surface area contributed by atoms with Crippen molar-refractivity contribution < 1.29 is 18.7 Å². The van der Waals surface area contributed by atoms with Crippen LogP contribution in [0, 0.1) is 0 Å². The van der Waals surface area contributed by atoms with Crippen molar-refractivity contribution in [3.05, 3.63) is 53.5 Å². The van der Waals surface area contributed by atoms with Gasteiger partial charge in [0.1, 0.15) is 11.5 Å². The molecule has 1 aromatic heterocycles. The molecule has 1 heterocycles. The van der Waals surface area contributed by atoms with Crippen LogP contribution in [0.25, 0.3) is 0 Å². The molecule has 1 unspecified atom stereocenters. The number of para-hydroxylation sites is 1. The van der Waals surface area contributed by atoms with Crippen LogP contribution in [0.2, 0.25) is 0 Å². The molecular weight excluding hydrogens is 308 g/mol. The maximum absolute atomic E-state index is 12.2. The number of aryl methyl sites for hydroxylation is 1. The summed E-state index contributed by atoms with van der Waals surface area (Å²) in [5, 5.41) is 5.58. The van der Waals surface area contributed by atoms with E-state index in [1.54, 1.807) is 30.5 Å². The number of nitrogens with one attached hydrogen (secondary N) is 2. The van der Waals surface area contributed by atoms with Crippen molar-refractivity contribution in [3.8, 4) is 5.75 Å². The summed E-state index contributed by atoms with van der Waals surface area (Å²) in [4.78, 5) is 24.3. The van der Waals surface area contributed by atoms with E-state index >= 15 is 0 Å². The maximum Gasteiger partial charge on any atom is 0.255 e. The largest absolute Gasteiger partial charge is 0.496 e. The number of rotatable bonds is 5. The predicted molar refractivity (Wildman–Crippen MR) is 87.9 cm³/mol. The van der Waals surface area contributed by atoms with E-state index in [4.69, 9.17) is 9.15 Å². The minimum absolute atomic E-state index is 0.0526. The summed E-state index contributed by atoms with van der Waals surface area (Å²) in [7, 11) is 1.50. The number of hydrogen-bond donors (Lipinski definition) is 2. The van der Waals surface area contributed by atoms with Crippen LogP contribution in [0.3, 0.4) is 0 Å². The Kier molecular flexibility index (Phi) is 4.84. The first-order chi connectivity index (χ1) is 11.7. The van der Waals surface area contributed by atoms with Gasteiger partial charge in [0.25, 0.3) is 5.91 Å². The molecule has 2 amide bonds. The molecule has 6 heteroatoms. The Hall–Kier alpha value is -2.76. The van der Waals surface area contributed by atoms with Gasteiger partial charge in [0.15, 0.2) is 0 Å². The minimum atomic E-state index is -0.338. The predicted octanol–water partition coefficient (Wildman–Crippen LogP) is 2.21. The van der Waals surface area contributed by atoms with Gasteiger partial charge in [0.2, 0.25) is 5.91 Å². The van der Waals surface area contributed by atoms with E-state index in [-0.39, 0.29) is 24.4 Å². The first kappa shape index (κ1) is 16.1. The zero-order chi connectivity index (χ0) is 16.9. The van der Waals surface area contributed by atoms with Crippen molar-refractivity contribution >= 4 is 11.8 Å². The molecule has 1 aliphatic rings. The Morgan fingerprint density at radius 3 is 2.96 bits per heavy atom. The molecule has 3 rings (SSSR count).